The van der Waals surface area contributed by atoms with Gasteiger partial charge < -0.3 is 10.6 Å². The second-order valence-electron chi connectivity index (χ2n) is 4.33. The van der Waals surface area contributed by atoms with E-state index in [-0.39, 0.29) is 18.2 Å². The summed E-state index contributed by atoms with van der Waals surface area (Å²) in [6.45, 7) is 2.08. The van der Waals surface area contributed by atoms with E-state index in [0.717, 1.165) is 16.8 Å². The Balaban J connectivity index is 2.10. The Morgan fingerprint density at radius 3 is 2.83 bits per heavy atom. The number of benzene rings is 1. The van der Waals surface area contributed by atoms with Crippen LogP contribution in [0.3, 0.4) is 0 Å². The molecule has 1 heterocycles. The van der Waals surface area contributed by atoms with Crippen LogP contribution in [0, 0.1) is 6.92 Å². The molecule has 0 aliphatic carbocycles. The lowest BCUT2D eigenvalue weighted by Gasteiger charge is -2.11. The largest absolute Gasteiger partial charge is 0.324 e. The fourth-order valence-corrected chi connectivity index (χ4v) is 2.33. The average molecular weight is 269 g/mol. The van der Waals surface area contributed by atoms with E-state index in [0.29, 0.717) is 0 Å². The van der Waals surface area contributed by atoms with Gasteiger partial charge in [-0.1, -0.05) is 17.7 Å². The summed E-state index contributed by atoms with van der Waals surface area (Å²) >= 11 is 0. The van der Waals surface area contributed by atoms with Crippen LogP contribution in [0.25, 0.3) is 0 Å². The van der Waals surface area contributed by atoms with Gasteiger partial charge in [-0.25, -0.2) is 13.6 Å². The summed E-state index contributed by atoms with van der Waals surface area (Å²) in [6, 6.07) is 5.14. The summed E-state index contributed by atoms with van der Waals surface area (Å²) in [4.78, 5) is 11.7. The van der Waals surface area contributed by atoms with Gasteiger partial charge in [0.25, 0.3) is 0 Å². The van der Waals surface area contributed by atoms with Gasteiger partial charge in [-0.15, -0.1) is 0 Å². The van der Waals surface area contributed by atoms with E-state index in [1.54, 1.807) is 0 Å². The zero-order valence-electron chi connectivity index (χ0n) is 9.93. The summed E-state index contributed by atoms with van der Waals surface area (Å²) in [6.07, 6.45) is 0. The highest BCUT2D eigenvalue weighted by Crippen LogP contribution is 2.31. The third kappa shape index (κ3) is 2.87. The molecule has 1 aliphatic rings. The van der Waals surface area contributed by atoms with E-state index in [1.807, 2.05) is 25.1 Å². The number of anilines is 1. The lowest BCUT2D eigenvalue weighted by molar-refractivity contribution is -0.117. The van der Waals surface area contributed by atoms with Crippen molar-refractivity contribution in [3.8, 4) is 0 Å². The van der Waals surface area contributed by atoms with Gasteiger partial charge in [-0.2, -0.15) is 0 Å². The Labute approximate surface area is 106 Å². The van der Waals surface area contributed by atoms with E-state index in [2.05, 4.69) is 10.6 Å². The quantitative estimate of drug-likeness (QED) is 0.708. The van der Waals surface area contributed by atoms with Crippen LogP contribution in [0.4, 0.5) is 5.69 Å². The minimum absolute atomic E-state index is 0.143. The minimum Gasteiger partial charge on any atom is -0.324 e. The smallest absolute Gasteiger partial charge is 0.246 e. The molecule has 1 aromatic carbocycles. The number of sulfonamides is 1. The van der Waals surface area contributed by atoms with Crippen LogP contribution in [-0.2, 0) is 14.8 Å². The molecule has 98 valence electrons. The zero-order valence-corrected chi connectivity index (χ0v) is 10.8. The summed E-state index contributed by atoms with van der Waals surface area (Å²) < 4.78 is 21.6. The van der Waals surface area contributed by atoms with Crippen molar-refractivity contribution in [1.82, 2.24) is 5.32 Å². The molecular formula is C11H15N3O3S. The normalized spacial score (nSPS) is 18.6. The molecule has 0 radical (unpaired) electrons. The third-order valence-corrected chi connectivity index (χ3v) is 3.55. The van der Waals surface area contributed by atoms with Crippen molar-refractivity contribution in [2.75, 3.05) is 17.6 Å². The maximum absolute atomic E-state index is 11.7. The van der Waals surface area contributed by atoms with Gasteiger partial charge in [0.1, 0.15) is 6.04 Å². The molecule has 1 aliphatic heterocycles. The molecule has 18 heavy (non-hydrogen) atoms. The van der Waals surface area contributed by atoms with Crippen molar-refractivity contribution < 1.29 is 13.2 Å². The summed E-state index contributed by atoms with van der Waals surface area (Å²) in [7, 11) is -3.51. The number of carbonyl (C=O) groups is 1. The molecule has 0 saturated carbocycles. The van der Waals surface area contributed by atoms with Gasteiger partial charge in [0, 0.05) is 17.8 Å². The Kier molecular flexibility index (Phi) is 3.38. The first kappa shape index (κ1) is 13.0. The zero-order chi connectivity index (χ0) is 13.3. The van der Waals surface area contributed by atoms with Crippen molar-refractivity contribution in [2.24, 2.45) is 5.14 Å². The number of hydrogen-bond acceptors (Lipinski definition) is 4. The molecule has 0 bridgehead atoms. The minimum atomic E-state index is -3.51. The number of rotatable bonds is 4. The highest BCUT2D eigenvalue weighted by atomic mass is 32.2. The Morgan fingerprint density at radius 1 is 1.44 bits per heavy atom. The summed E-state index contributed by atoms with van der Waals surface area (Å²) in [5.74, 6) is -0.372. The molecule has 1 atom stereocenters. The van der Waals surface area contributed by atoms with E-state index < -0.39 is 16.1 Å². The van der Waals surface area contributed by atoms with Crippen LogP contribution in [0.1, 0.15) is 17.2 Å². The van der Waals surface area contributed by atoms with Crippen LogP contribution < -0.4 is 15.8 Å². The van der Waals surface area contributed by atoms with Crippen LogP contribution in [0.2, 0.25) is 0 Å². The van der Waals surface area contributed by atoms with Crippen LogP contribution >= 0.6 is 0 Å². The molecule has 1 amide bonds. The maximum atomic E-state index is 11.7. The van der Waals surface area contributed by atoms with E-state index >= 15 is 0 Å². The van der Waals surface area contributed by atoms with Crippen molar-refractivity contribution in [1.29, 1.82) is 0 Å². The van der Waals surface area contributed by atoms with Gasteiger partial charge in [-0.05, 0) is 13.0 Å². The average Bonchev–Trinajstić information content (AvgIpc) is 2.54. The van der Waals surface area contributed by atoms with E-state index in [9.17, 15) is 13.2 Å². The van der Waals surface area contributed by atoms with Gasteiger partial charge in [0.15, 0.2) is 0 Å². The van der Waals surface area contributed by atoms with Crippen LogP contribution in [0.5, 0.6) is 0 Å². The number of aryl methyl sites for hydroxylation is 1. The second kappa shape index (κ2) is 4.68. The molecule has 0 aromatic heterocycles. The van der Waals surface area contributed by atoms with Gasteiger partial charge in [-0.3, -0.25) is 4.79 Å². The SMILES string of the molecule is Cc1ccc2c(c1)C(NCCS(N)(=O)=O)C(=O)N2. The molecule has 0 spiro atoms. The molecule has 2 rings (SSSR count). The predicted molar refractivity (Wildman–Crippen MR) is 68.5 cm³/mol. The Hall–Kier alpha value is -1.44. The van der Waals surface area contributed by atoms with Crippen molar-refractivity contribution >= 4 is 21.6 Å². The van der Waals surface area contributed by atoms with Crippen molar-refractivity contribution in [2.45, 2.75) is 13.0 Å². The number of primary sulfonamides is 1. The molecule has 1 unspecified atom stereocenters. The first-order chi connectivity index (χ1) is 8.37. The van der Waals surface area contributed by atoms with Gasteiger partial charge >= 0.3 is 0 Å². The number of fused-ring (bicyclic) bond motifs is 1. The van der Waals surface area contributed by atoms with Crippen molar-refractivity contribution in [3.63, 3.8) is 0 Å². The maximum Gasteiger partial charge on any atom is 0.246 e. The fraction of sp³-hybridized carbons (Fsp3) is 0.364. The van der Waals surface area contributed by atoms with E-state index in [1.165, 1.54) is 0 Å². The highest BCUT2D eigenvalue weighted by Gasteiger charge is 2.29. The molecular weight excluding hydrogens is 254 g/mol. The van der Waals surface area contributed by atoms with Gasteiger partial charge in [0.05, 0.1) is 5.75 Å². The number of hydrogen-bond donors (Lipinski definition) is 3. The molecule has 6 nitrogen and oxygen atoms in total. The number of carbonyl (C=O) groups excluding carboxylic acids is 1. The number of nitrogens with two attached hydrogens (primary N) is 1. The third-order valence-electron chi connectivity index (χ3n) is 2.77. The fourth-order valence-electron chi connectivity index (χ4n) is 1.93. The van der Waals surface area contributed by atoms with Gasteiger partial charge in [0.2, 0.25) is 15.9 Å². The molecule has 4 N–H and O–H groups in total. The lowest BCUT2D eigenvalue weighted by atomic mass is 10.1. The molecule has 7 heteroatoms. The predicted octanol–water partition coefficient (Wildman–Crippen LogP) is -0.134. The second-order valence-corrected chi connectivity index (χ2v) is 6.07. The first-order valence-electron chi connectivity index (χ1n) is 5.52. The van der Waals surface area contributed by atoms with Crippen molar-refractivity contribution in [3.05, 3.63) is 29.3 Å². The summed E-state index contributed by atoms with van der Waals surface area (Å²) in [5.41, 5.74) is 2.65. The molecule has 1 aromatic rings. The number of nitrogens with one attached hydrogen (secondary N) is 2. The lowest BCUT2D eigenvalue weighted by Crippen LogP contribution is -2.33. The summed E-state index contributed by atoms with van der Waals surface area (Å²) in [5, 5.41) is 10.5. The number of amides is 1. The Bertz CT molecular complexity index is 583. The van der Waals surface area contributed by atoms with E-state index in [4.69, 9.17) is 5.14 Å². The van der Waals surface area contributed by atoms with Crippen LogP contribution in [0.15, 0.2) is 18.2 Å². The van der Waals surface area contributed by atoms with Crippen LogP contribution in [-0.4, -0.2) is 26.6 Å². The highest BCUT2D eigenvalue weighted by molar-refractivity contribution is 7.89. The first-order valence-corrected chi connectivity index (χ1v) is 7.23. The monoisotopic (exact) mass is 269 g/mol. The topological polar surface area (TPSA) is 101 Å². The molecule has 0 saturated heterocycles. The molecule has 0 fully saturated rings. The standard InChI is InChI=1S/C11H15N3O3S/c1-7-2-3-9-8(6-7)10(11(15)14-9)13-4-5-18(12,16)17/h2-3,6,10,13H,4-5H2,1H3,(H,14,15)(H2,12,16,17). The Morgan fingerprint density at radius 2 is 2.17 bits per heavy atom.